The van der Waals surface area contributed by atoms with E-state index in [0.717, 1.165) is 11.1 Å². The van der Waals surface area contributed by atoms with Crippen LogP contribution in [0.5, 0.6) is 11.5 Å². The molecule has 0 saturated carbocycles. The molecule has 0 aliphatic heterocycles. The SMILES string of the molecule is CN=C(NCCc1ccc(OC)c(OC(F)F)c1)NCc1ccccc1. The number of nitrogens with zero attached hydrogens (tertiary/aromatic N) is 1. The van der Waals surface area contributed by atoms with Crippen LogP contribution in [0.25, 0.3) is 0 Å². The Hall–Kier alpha value is -2.83. The molecule has 140 valence electrons. The molecule has 0 heterocycles. The Morgan fingerprint density at radius 3 is 2.46 bits per heavy atom. The van der Waals surface area contributed by atoms with Crippen molar-refractivity contribution >= 4 is 5.96 Å². The van der Waals surface area contributed by atoms with Gasteiger partial charge in [0, 0.05) is 20.1 Å². The van der Waals surface area contributed by atoms with E-state index in [-0.39, 0.29) is 11.5 Å². The molecule has 0 aliphatic rings. The molecule has 0 radical (unpaired) electrons. The Bertz CT molecular complexity index is 709. The van der Waals surface area contributed by atoms with Gasteiger partial charge < -0.3 is 20.1 Å². The number of nitrogens with one attached hydrogen (secondary N) is 2. The molecule has 0 atom stereocenters. The van der Waals surface area contributed by atoms with Crippen molar-refractivity contribution < 1.29 is 18.3 Å². The number of hydrogen-bond donors (Lipinski definition) is 2. The van der Waals surface area contributed by atoms with E-state index >= 15 is 0 Å². The molecule has 2 aromatic carbocycles. The standard InChI is InChI=1S/C19H23F2N3O2/c1-22-19(24-13-15-6-4-3-5-7-15)23-11-10-14-8-9-16(25-2)17(12-14)26-18(20)21/h3-9,12,18H,10-11,13H2,1-2H3,(H2,22,23,24). The number of methoxy groups -OCH3 is 1. The van der Waals surface area contributed by atoms with Crippen LogP contribution in [0.2, 0.25) is 0 Å². The molecule has 7 heteroatoms. The number of hydrogen-bond acceptors (Lipinski definition) is 3. The highest BCUT2D eigenvalue weighted by Gasteiger charge is 2.11. The second kappa shape index (κ2) is 10.2. The van der Waals surface area contributed by atoms with Crippen molar-refractivity contribution in [3.63, 3.8) is 0 Å². The average Bonchev–Trinajstić information content (AvgIpc) is 2.65. The third-order valence-electron chi connectivity index (χ3n) is 3.68. The predicted molar refractivity (Wildman–Crippen MR) is 98.0 cm³/mol. The maximum Gasteiger partial charge on any atom is 0.387 e. The van der Waals surface area contributed by atoms with Gasteiger partial charge in [0.25, 0.3) is 0 Å². The zero-order chi connectivity index (χ0) is 18.8. The lowest BCUT2D eigenvalue weighted by Gasteiger charge is -2.13. The average molecular weight is 363 g/mol. The summed E-state index contributed by atoms with van der Waals surface area (Å²) in [5, 5.41) is 6.42. The summed E-state index contributed by atoms with van der Waals surface area (Å²) in [6.45, 7) is -1.64. The third-order valence-corrected chi connectivity index (χ3v) is 3.68. The van der Waals surface area contributed by atoms with E-state index in [1.165, 1.54) is 7.11 Å². The molecular weight excluding hydrogens is 340 g/mol. The van der Waals surface area contributed by atoms with Crippen LogP contribution in [0.15, 0.2) is 53.5 Å². The van der Waals surface area contributed by atoms with Crippen LogP contribution in [0.1, 0.15) is 11.1 Å². The van der Waals surface area contributed by atoms with E-state index in [1.54, 1.807) is 19.2 Å². The van der Waals surface area contributed by atoms with Crippen LogP contribution in [0.3, 0.4) is 0 Å². The lowest BCUT2D eigenvalue weighted by molar-refractivity contribution is -0.0512. The molecule has 2 N–H and O–H groups in total. The molecule has 0 amide bonds. The second-order valence-electron chi connectivity index (χ2n) is 5.45. The Morgan fingerprint density at radius 1 is 1.04 bits per heavy atom. The van der Waals surface area contributed by atoms with Gasteiger partial charge in [-0.25, -0.2) is 0 Å². The summed E-state index contributed by atoms with van der Waals surface area (Å²) >= 11 is 0. The minimum absolute atomic E-state index is 0.0339. The molecule has 0 aromatic heterocycles. The van der Waals surface area contributed by atoms with Gasteiger partial charge in [0.15, 0.2) is 17.5 Å². The molecule has 0 fully saturated rings. The van der Waals surface area contributed by atoms with Crippen LogP contribution < -0.4 is 20.1 Å². The van der Waals surface area contributed by atoms with Crippen molar-refractivity contribution in [1.82, 2.24) is 10.6 Å². The highest BCUT2D eigenvalue weighted by molar-refractivity contribution is 5.79. The zero-order valence-electron chi connectivity index (χ0n) is 14.8. The number of guanidine groups is 1. The largest absolute Gasteiger partial charge is 0.493 e. The van der Waals surface area contributed by atoms with Crippen LogP contribution in [0.4, 0.5) is 8.78 Å². The summed E-state index contributed by atoms with van der Waals surface area (Å²) in [7, 11) is 3.11. The first-order chi connectivity index (χ1) is 12.6. The molecule has 0 aliphatic carbocycles. The molecule has 5 nitrogen and oxygen atoms in total. The molecule has 0 spiro atoms. The summed E-state index contributed by atoms with van der Waals surface area (Å²) in [4.78, 5) is 4.17. The fourth-order valence-corrected chi connectivity index (χ4v) is 2.39. The normalized spacial score (nSPS) is 11.3. The molecule has 0 saturated heterocycles. The van der Waals surface area contributed by atoms with Gasteiger partial charge in [0.05, 0.1) is 7.11 Å². The minimum Gasteiger partial charge on any atom is -0.493 e. The van der Waals surface area contributed by atoms with Crippen LogP contribution in [-0.2, 0) is 13.0 Å². The Morgan fingerprint density at radius 2 is 1.81 bits per heavy atom. The number of ether oxygens (including phenoxy) is 2. The number of aliphatic imine (C=N–C) groups is 1. The predicted octanol–water partition coefficient (Wildman–Crippen LogP) is 3.20. The van der Waals surface area contributed by atoms with E-state index < -0.39 is 6.61 Å². The van der Waals surface area contributed by atoms with E-state index in [0.29, 0.717) is 25.5 Å². The maximum absolute atomic E-state index is 12.5. The summed E-state index contributed by atoms with van der Waals surface area (Å²) in [5.74, 6) is 0.986. The van der Waals surface area contributed by atoms with E-state index in [9.17, 15) is 8.78 Å². The van der Waals surface area contributed by atoms with Gasteiger partial charge in [-0.2, -0.15) is 8.78 Å². The van der Waals surface area contributed by atoms with Crippen LogP contribution in [-0.4, -0.2) is 33.3 Å². The van der Waals surface area contributed by atoms with Crippen molar-refractivity contribution in [3.05, 3.63) is 59.7 Å². The van der Waals surface area contributed by atoms with Crippen LogP contribution >= 0.6 is 0 Å². The number of alkyl halides is 2. The fraction of sp³-hybridized carbons (Fsp3) is 0.316. The van der Waals surface area contributed by atoms with Gasteiger partial charge in [-0.1, -0.05) is 36.4 Å². The van der Waals surface area contributed by atoms with Gasteiger partial charge >= 0.3 is 6.61 Å². The van der Waals surface area contributed by atoms with Gasteiger partial charge in [-0.05, 0) is 29.7 Å². The number of rotatable bonds is 8. The summed E-state index contributed by atoms with van der Waals surface area (Å²) < 4.78 is 34.5. The first kappa shape index (κ1) is 19.5. The van der Waals surface area contributed by atoms with Crippen molar-refractivity contribution in [2.75, 3.05) is 20.7 Å². The smallest absolute Gasteiger partial charge is 0.387 e. The Balaban J connectivity index is 1.85. The molecular formula is C19H23F2N3O2. The van der Waals surface area contributed by atoms with Gasteiger partial charge in [-0.3, -0.25) is 4.99 Å². The van der Waals surface area contributed by atoms with E-state index in [4.69, 9.17) is 4.74 Å². The van der Waals surface area contributed by atoms with Crippen LogP contribution in [0, 0.1) is 0 Å². The Labute approximate surface area is 152 Å². The minimum atomic E-state index is -2.89. The second-order valence-corrected chi connectivity index (χ2v) is 5.45. The van der Waals surface area contributed by atoms with Crippen molar-refractivity contribution in [2.45, 2.75) is 19.6 Å². The van der Waals surface area contributed by atoms with Gasteiger partial charge in [0.2, 0.25) is 0 Å². The summed E-state index contributed by atoms with van der Waals surface area (Å²) in [6.07, 6.45) is 0.621. The lowest BCUT2D eigenvalue weighted by atomic mass is 10.1. The topological polar surface area (TPSA) is 54.9 Å². The van der Waals surface area contributed by atoms with Crippen molar-refractivity contribution in [3.8, 4) is 11.5 Å². The summed E-state index contributed by atoms with van der Waals surface area (Å²) in [6, 6.07) is 15.0. The fourth-order valence-electron chi connectivity index (χ4n) is 2.39. The third kappa shape index (κ3) is 6.23. The molecule has 0 bridgehead atoms. The molecule has 2 rings (SSSR count). The molecule has 2 aromatic rings. The first-order valence-corrected chi connectivity index (χ1v) is 8.22. The zero-order valence-corrected chi connectivity index (χ0v) is 14.8. The molecule has 26 heavy (non-hydrogen) atoms. The highest BCUT2D eigenvalue weighted by atomic mass is 19.3. The monoisotopic (exact) mass is 363 g/mol. The number of benzene rings is 2. The van der Waals surface area contributed by atoms with Crippen molar-refractivity contribution in [1.29, 1.82) is 0 Å². The summed E-state index contributed by atoms with van der Waals surface area (Å²) in [5.41, 5.74) is 2.01. The lowest BCUT2D eigenvalue weighted by Crippen LogP contribution is -2.37. The quantitative estimate of drug-likeness (QED) is 0.559. The Kier molecular flexibility index (Phi) is 7.67. The van der Waals surface area contributed by atoms with Gasteiger partial charge in [0.1, 0.15) is 0 Å². The van der Waals surface area contributed by atoms with E-state index in [2.05, 4.69) is 20.4 Å². The van der Waals surface area contributed by atoms with Crippen molar-refractivity contribution in [2.24, 2.45) is 4.99 Å². The van der Waals surface area contributed by atoms with E-state index in [1.807, 2.05) is 36.4 Å². The first-order valence-electron chi connectivity index (χ1n) is 8.22. The molecule has 0 unspecified atom stereocenters. The van der Waals surface area contributed by atoms with Gasteiger partial charge in [-0.15, -0.1) is 0 Å². The highest BCUT2D eigenvalue weighted by Crippen LogP contribution is 2.29. The maximum atomic E-state index is 12.5. The number of halogens is 2.